The van der Waals surface area contributed by atoms with Crippen LogP contribution in [0.5, 0.6) is 0 Å². The van der Waals surface area contributed by atoms with Gasteiger partial charge in [0.2, 0.25) is 0 Å². The number of carbonyl (C=O) groups excluding carboxylic acids is 1. The van der Waals surface area contributed by atoms with E-state index in [0.717, 1.165) is 5.33 Å². The second kappa shape index (κ2) is 4.97. The van der Waals surface area contributed by atoms with Crippen molar-refractivity contribution in [3.63, 3.8) is 0 Å². The first-order valence-corrected chi connectivity index (χ1v) is 6.23. The van der Waals surface area contributed by atoms with Crippen LogP contribution < -0.4 is 0 Å². The Morgan fingerprint density at radius 1 is 1.75 bits per heavy atom. The maximum atomic E-state index is 12.1. The third kappa shape index (κ3) is 2.27. The van der Waals surface area contributed by atoms with Crippen LogP contribution in [-0.4, -0.2) is 46.6 Å². The molecule has 1 fully saturated rings. The number of nitrogens with zero attached hydrogens (tertiary/aromatic N) is 2. The minimum Gasteiger partial charge on any atom is -0.373 e. The smallest absolute Gasteiger partial charge is 0.276 e. The summed E-state index contributed by atoms with van der Waals surface area (Å²) in [6, 6.07) is 1.65. The van der Waals surface area contributed by atoms with Gasteiger partial charge in [-0.1, -0.05) is 21.1 Å². The summed E-state index contributed by atoms with van der Waals surface area (Å²) in [5, 5.41) is 4.38. The van der Waals surface area contributed by atoms with Crippen LogP contribution in [-0.2, 0) is 4.74 Å². The number of alkyl halides is 1. The third-order valence-corrected chi connectivity index (χ3v) is 3.32. The lowest BCUT2D eigenvalue weighted by Gasteiger charge is -2.37. The Bertz CT molecular complexity index is 355. The van der Waals surface area contributed by atoms with Crippen molar-refractivity contribution in [2.24, 2.45) is 0 Å². The molecule has 0 aromatic carbocycles. The average Bonchev–Trinajstić information content (AvgIpc) is 2.82. The minimum absolute atomic E-state index is 0.0482. The summed E-state index contributed by atoms with van der Waals surface area (Å²) in [6.07, 6.45) is 1.45. The molecule has 1 aromatic rings. The van der Waals surface area contributed by atoms with E-state index in [1.165, 1.54) is 6.26 Å². The summed E-state index contributed by atoms with van der Waals surface area (Å²) in [7, 11) is 0. The monoisotopic (exact) mass is 288 g/mol. The van der Waals surface area contributed by atoms with Gasteiger partial charge in [0.25, 0.3) is 5.91 Å². The van der Waals surface area contributed by atoms with Gasteiger partial charge in [-0.15, -0.1) is 0 Å². The zero-order valence-electron chi connectivity index (χ0n) is 8.93. The highest BCUT2D eigenvalue weighted by atomic mass is 79.9. The number of ether oxygens (including phenoxy) is 1. The molecule has 88 valence electrons. The van der Waals surface area contributed by atoms with E-state index in [1.807, 2.05) is 6.92 Å². The number of hydrogen-bond acceptors (Lipinski definition) is 4. The molecule has 0 aliphatic carbocycles. The van der Waals surface area contributed by atoms with Crippen LogP contribution in [0.3, 0.4) is 0 Å². The van der Waals surface area contributed by atoms with Crippen LogP contribution in [0.2, 0.25) is 0 Å². The molecule has 1 aliphatic rings. The van der Waals surface area contributed by atoms with Crippen molar-refractivity contribution in [1.29, 1.82) is 0 Å². The second-order valence-corrected chi connectivity index (χ2v) is 4.45. The van der Waals surface area contributed by atoms with Gasteiger partial charge >= 0.3 is 0 Å². The van der Waals surface area contributed by atoms with Crippen LogP contribution in [0.25, 0.3) is 0 Å². The molecule has 2 rings (SSSR count). The fraction of sp³-hybridized carbons (Fsp3) is 0.600. The number of aromatic nitrogens is 1. The predicted octanol–water partition coefficient (Wildman–Crippen LogP) is 1.30. The standard InChI is InChI=1S/C10H13BrN2O3/c1-7-6-15-8(4-11)5-13(7)10(14)9-2-3-16-12-9/h2-3,7-8H,4-6H2,1H3. The van der Waals surface area contributed by atoms with Gasteiger partial charge in [0.05, 0.1) is 18.8 Å². The first-order valence-electron chi connectivity index (χ1n) is 5.11. The van der Waals surface area contributed by atoms with E-state index in [2.05, 4.69) is 25.6 Å². The van der Waals surface area contributed by atoms with E-state index in [9.17, 15) is 4.79 Å². The van der Waals surface area contributed by atoms with Crippen LogP contribution in [0.1, 0.15) is 17.4 Å². The van der Waals surface area contributed by atoms with Crippen molar-refractivity contribution >= 4 is 21.8 Å². The van der Waals surface area contributed by atoms with E-state index in [0.29, 0.717) is 18.8 Å². The van der Waals surface area contributed by atoms with Gasteiger partial charge < -0.3 is 14.2 Å². The van der Waals surface area contributed by atoms with Gasteiger partial charge in [-0.25, -0.2) is 0 Å². The minimum atomic E-state index is -0.101. The SMILES string of the molecule is CC1COC(CBr)CN1C(=O)c1ccon1. The molecule has 2 heterocycles. The van der Waals surface area contributed by atoms with Crippen molar-refractivity contribution in [3.05, 3.63) is 18.0 Å². The lowest BCUT2D eigenvalue weighted by molar-refractivity contribution is -0.0364. The van der Waals surface area contributed by atoms with E-state index < -0.39 is 0 Å². The van der Waals surface area contributed by atoms with E-state index >= 15 is 0 Å². The van der Waals surface area contributed by atoms with Gasteiger partial charge in [-0.3, -0.25) is 4.79 Å². The number of rotatable bonds is 2. The van der Waals surface area contributed by atoms with Crippen LogP contribution in [0, 0.1) is 0 Å². The molecular weight excluding hydrogens is 276 g/mol. The number of halogens is 1. The summed E-state index contributed by atoms with van der Waals surface area (Å²) in [5.41, 5.74) is 0.349. The van der Waals surface area contributed by atoms with Crippen LogP contribution in [0.15, 0.2) is 16.9 Å². The highest BCUT2D eigenvalue weighted by Crippen LogP contribution is 2.15. The topological polar surface area (TPSA) is 55.6 Å². The van der Waals surface area contributed by atoms with Gasteiger partial charge in [0.15, 0.2) is 5.69 Å². The summed E-state index contributed by atoms with van der Waals surface area (Å²) in [4.78, 5) is 13.8. The predicted molar refractivity (Wildman–Crippen MR) is 60.5 cm³/mol. The first kappa shape index (κ1) is 11.6. The summed E-state index contributed by atoms with van der Waals surface area (Å²) in [5.74, 6) is -0.101. The lowest BCUT2D eigenvalue weighted by Crippen LogP contribution is -2.51. The molecule has 0 radical (unpaired) electrons. The molecular formula is C10H13BrN2O3. The zero-order chi connectivity index (χ0) is 11.5. The molecule has 6 heteroatoms. The van der Waals surface area contributed by atoms with Gasteiger partial charge in [0.1, 0.15) is 6.26 Å². The highest BCUT2D eigenvalue weighted by Gasteiger charge is 2.30. The number of carbonyl (C=O) groups is 1. The molecule has 1 saturated heterocycles. The Morgan fingerprint density at radius 3 is 3.19 bits per heavy atom. The molecule has 2 unspecified atom stereocenters. The van der Waals surface area contributed by atoms with Gasteiger partial charge in [0, 0.05) is 17.9 Å². The molecule has 0 spiro atoms. The quantitative estimate of drug-likeness (QED) is 0.770. The van der Waals surface area contributed by atoms with Crippen molar-refractivity contribution in [2.75, 3.05) is 18.5 Å². The summed E-state index contributed by atoms with van der Waals surface area (Å²) < 4.78 is 10.2. The molecule has 0 saturated carbocycles. The fourth-order valence-corrected chi connectivity index (χ4v) is 2.06. The second-order valence-electron chi connectivity index (χ2n) is 3.80. The Morgan fingerprint density at radius 2 is 2.56 bits per heavy atom. The maximum absolute atomic E-state index is 12.1. The van der Waals surface area contributed by atoms with Gasteiger partial charge in [-0.05, 0) is 6.92 Å². The summed E-state index contributed by atoms with van der Waals surface area (Å²) in [6.45, 7) is 3.10. The molecule has 5 nitrogen and oxygen atoms in total. The van der Waals surface area contributed by atoms with Crippen LogP contribution in [0.4, 0.5) is 0 Å². The van der Waals surface area contributed by atoms with Crippen molar-refractivity contribution in [3.8, 4) is 0 Å². The number of amides is 1. The Kier molecular flexibility index (Phi) is 3.60. The highest BCUT2D eigenvalue weighted by molar-refractivity contribution is 9.09. The van der Waals surface area contributed by atoms with Gasteiger partial charge in [-0.2, -0.15) is 0 Å². The zero-order valence-corrected chi connectivity index (χ0v) is 10.5. The van der Waals surface area contributed by atoms with Crippen molar-refractivity contribution in [2.45, 2.75) is 19.1 Å². The third-order valence-electron chi connectivity index (χ3n) is 2.60. The number of morpholine rings is 1. The molecule has 16 heavy (non-hydrogen) atoms. The number of hydrogen-bond donors (Lipinski definition) is 0. The molecule has 2 atom stereocenters. The largest absolute Gasteiger partial charge is 0.373 e. The summed E-state index contributed by atoms with van der Waals surface area (Å²) >= 11 is 3.36. The molecule has 0 N–H and O–H groups in total. The Hall–Kier alpha value is -0.880. The van der Waals surface area contributed by atoms with Crippen molar-refractivity contribution < 1.29 is 14.1 Å². The average molecular weight is 289 g/mol. The Balaban J connectivity index is 2.09. The first-order chi connectivity index (χ1) is 7.72. The molecule has 1 amide bonds. The fourth-order valence-electron chi connectivity index (χ4n) is 1.66. The molecule has 0 bridgehead atoms. The van der Waals surface area contributed by atoms with E-state index in [1.54, 1.807) is 11.0 Å². The van der Waals surface area contributed by atoms with Crippen molar-refractivity contribution in [1.82, 2.24) is 10.1 Å². The van der Waals surface area contributed by atoms with E-state index in [-0.39, 0.29) is 18.1 Å². The van der Waals surface area contributed by atoms with Crippen LogP contribution >= 0.6 is 15.9 Å². The maximum Gasteiger partial charge on any atom is 0.276 e. The Labute approximate surface area is 102 Å². The normalized spacial score (nSPS) is 25.8. The molecule has 1 aromatic heterocycles. The van der Waals surface area contributed by atoms with E-state index in [4.69, 9.17) is 4.74 Å². The molecule has 1 aliphatic heterocycles. The lowest BCUT2D eigenvalue weighted by atomic mass is 10.2.